The number of aromatic nitrogens is 2. The van der Waals surface area contributed by atoms with Crippen molar-refractivity contribution in [2.24, 2.45) is 0 Å². The van der Waals surface area contributed by atoms with E-state index in [2.05, 4.69) is 22.0 Å². The number of carbonyl (C=O) groups excluding carboxylic acids is 1. The average Bonchev–Trinajstić information content (AvgIpc) is 3.24. The molecule has 8 nitrogen and oxygen atoms in total. The lowest BCUT2D eigenvalue weighted by Gasteiger charge is -2.39. The van der Waals surface area contributed by atoms with E-state index in [-0.39, 0.29) is 12.1 Å². The van der Waals surface area contributed by atoms with Gasteiger partial charge in [0.25, 0.3) is 0 Å². The number of piperazine rings is 1. The summed E-state index contributed by atoms with van der Waals surface area (Å²) in [6, 6.07) is 9.96. The maximum atomic E-state index is 12.6. The highest BCUT2D eigenvalue weighted by atomic mass is 16.5. The van der Waals surface area contributed by atoms with Gasteiger partial charge in [0.15, 0.2) is 0 Å². The quantitative estimate of drug-likeness (QED) is 0.820. The van der Waals surface area contributed by atoms with E-state index in [1.807, 2.05) is 40.1 Å². The van der Waals surface area contributed by atoms with Gasteiger partial charge in [-0.25, -0.2) is 4.79 Å². The second-order valence-corrected chi connectivity index (χ2v) is 6.90. The van der Waals surface area contributed by atoms with E-state index in [9.17, 15) is 4.79 Å². The number of benzene rings is 1. The van der Waals surface area contributed by atoms with Crippen LogP contribution in [-0.4, -0.2) is 83.4 Å². The Kier molecular flexibility index (Phi) is 5.35. The van der Waals surface area contributed by atoms with Crippen LogP contribution in [0.5, 0.6) is 0 Å². The minimum Gasteiger partial charge on any atom is -0.378 e. The maximum Gasteiger partial charge on any atom is 0.320 e. The normalized spacial score (nSPS) is 19.9. The first-order chi connectivity index (χ1) is 13.2. The molecule has 8 heteroatoms. The lowest BCUT2D eigenvalue weighted by molar-refractivity contribution is 0.0339. The molecular formula is C19H25N5O3. The predicted octanol–water partition coefficient (Wildman–Crippen LogP) is 1.87. The van der Waals surface area contributed by atoms with Crippen LogP contribution in [0.15, 0.2) is 34.9 Å². The topological polar surface area (TPSA) is 74.9 Å². The zero-order valence-corrected chi connectivity index (χ0v) is 15.6. The smallest absolute Gasteiger partial charge is 0.320 e. The summed E-state index contributed by atoms with van der Waals surface area (Å²) < 4.78 is 10.8. The number of hydrogen-bond acceptors (Lipinski definition) is 6. The standard InChI is InChI=1S/C19H25N5O3/c1-15(18-20-17(21-27-18)16-5-3-2-4-6-16)22-7-9-23(10-8-22)19(25)24-11-13-26-14-12-24/h2-6,15H,7-14H2,1H3. The Hall–Kier alpha value is -2.45. The van der Waals surface area contributed by atoms with Crippen LogP contribution in [-0.2, 0) is 4.74 Å². The molecule has 27 heavy (non-hydrogen) atoms. The lowest BCUT2D eigenvalue weighted by atomic mass is 10.2. The third-order valence-electron chi connectivity index (χ3n) is 5.25. The maximum absolute atomic E-state index is 12.6. The van der Waals surface area contributed by atoms with Crippen molar-refractivity contribution in [2.75, 3.05) is 52.5 Å². The van der Waals surface area contributed by atoms with Crippen molar-refractivity contribution in [3.05, 3.63) is 36.2 Å². The molecule has 2 amide bonds. The summed E-state index contributed by atoms with van der Waals surface area (Å²) in [6.45, 7) is 7.69. The molecule has 0 spiro atoms. The third-order valence-corrected chi connectivity index (χ3v) is 5.25. The highest BCUT2D eigenvalue weighted by Gasteiger charge is 2.30. The first kappa shape index (κ1) is 17.9. The molecule has 2 aliphatic heterocycles. The molecule has 2 aromatic rings. The zero-order valence-electron chi connectivity index (χ0n) is 15.6. The Labute approximate surface area is 158 Å². The number of hydrogen-bond donors (Lipinski definition) is 0. The molecule has 2 saturated heterocycles. The third kappa shape index (κ3) is 3.96. The number of urea groups is 1. The molecule has 0 N–H and O–H groups in total. The van der Waals surface area contributed by atoms with Crippen molar-refractivity contribution in [1.29, 1.82) is 0 Å². The van der Waals surface area contributed by atoms with Gasteiger partial charge in [-0.1, -0.05) is 35.5 Å². The molecule has 4 rings (SSSR count). The van der Waals surface area contributed by atoms with E-state index in [4.69, 9.17) is 9.26 Å². The van der Waals surface area contributed by atoms with E-state index < -0.39 is 0 Å². The summed E-state index contributed by atoms with van der Waals surface area (Å²) in [6.07, 6.45) is 0. The fraction of sp³-hybridized carbons (Fsp3) is 0.526. The SMILES string of the molecule is CC(c1nc(-c2ccccc2)no1)N1CCN(C(=O)N2CCOCC2)CC1. The van der Waals surface area contributed by atoms with Gasteiger partial charge in [-0.3, -0.25) is 4.90 Å². The molecule has 0 bridgehead atoms. The van der Waals surface area contributed by atoms with E-state index in [1.54, 1.807) is 0 Å². The number of carbonyl (C=O) groups is 1. The lowest BCUT2D eigenvalue weighted by Crippen LogP contribution is -2.55. The minimum atomic E-state index is 0.0237. The Bertz CT molecular complexity index is 752. The first-order valence-electron chi connectivity index (χ1n) is 9.47. The van der Waals surface area contributed by atoms with Crippen LogP contribution in [0.25, 0.3) is 11.4 Å². The molecular weight excluding hydrogens is 346 g/mol. The van der Waals surface area contributed by atoms with Gasteiger partial charge in [0, 0.05) is 44.8 Å². The van der Waals surface area contributed by atoms with Crippen molar-refractivity contribution in [1.82, 2.24) is 24.8 Å². The molecule has 0 aliphatic carbocycles. The van der Waals surface area contributed by atoms with Crippen LogP contribution < -0.4 is 0 Å². The second kappa shape index (κ2) is 8.06. The number of morpholine rings is 1. The zero-order chi connectivity index (χ0) is 18.6. The van der Waals surface area contributed by atoms with Gasteiger partial charge in [-0.05, 0) is 6.92 Å². The van der Waals surface area contributed by atoms with Crippen LogP contribution in [0.1, 0.15) is 18.9 Å². The highest BCUT2D eigenvalue weighted by molar-refractivity contribution is 5.74. The van der Waals surface area contributed by atoms with Crippen molar-refractivity contribution in [2.45, 2.75) is 13.0 Å². The van der Waals surface area contributed by atoms with Crippen molar-refractivity contribution in [3.8, 4) is 11.4 Å². The van der Waals surface area contributed by atoms with Gasteiger partial charge in [0.05, 0.1) is 19.3 Å². The van der Waals surface area contributed by atoms with Crippen LogP contribution >= 0.6 is 0 Å². The van der Waals surface area contributed by atoms with E-state index >= 15 is 0 Å². The van der Waals surface area contributed by atoms with E-state index in [0.29, 0.717) is 51.1 Å². The van der Waals surface area contributed by atoms with E-state index in [1.165, 1.54) is 0 Å². The van der Waals surface area contributed by atoms with Crippen LogP contribution in [0.3, 0.4) is 0 Å². The predicted molar refractivity (Wildman–Crippen MR) is 99.1 cm³/mol. The molecule has 3 heterocycles. The summed E-state index contributed by atoms with van der Waals surface area (Å²) in [5.74, 6) is 1.22. The molecule has 2 fully saturated rings. The fourth-order valence-corrected chi connectivity index (χ4v) is 3.52. The van der Waals surface area contributed by atoms with Gasteiger partial charge in [0.1, 0.15) is 0 Å². The summed E-state index contributed by atoms with van der Waals surface area (Å²) in [7, 11) is 0. The summed E-state index contributed by atoms with van der Waals surface area (Å²) >= 11 is 0. The molecule has 1 aromatic carbocycles. The largest absolute Gasteiger partial charge is 0.378 e. The van der Waals surface area contributed by atoms with Crippen molar-refractivity contribution in [3.63, 3.8) is 0 Å². The van der Waals surface area contributed by atoms with Gasteiger partial charge in [-0.15, -0.1) is 0 Å². The summed E-state index contributed by atoms with van der Waals surface area (Å²) in [5, 5.41) is 4.11. The van der Waals surface area contributed by atoms with E-state index in [0.717, 1.165) is 18.7 Å². The van der Waals surface area contributed by atoms with Crippen LogP contribution in [0.2, 0.25) is 0 Å². The van der Waals surface area contributed by atoms with Gasteiger partial charge in [0.2, 0.25) is 11.7 Å². The Morgan fingerprint density at radius 2 is 1.67 bits per heavy atom. The Morgan fingerprint density at radius 1 is 1.00 bits per heavy atom. The molecule has 0 radical (unpaired) electrons. The van der Waals surface area contributed by atoms with Gasteiger partial charge >= 0.3 is 6.03 Å². The molecule has 1 aromatic heterocycles. The summed E-state index contributed by atoms with van der Waals surface area (Å²) in [4.78, 5) is 23.3. The van der Waals surface area contributed by atoms with Crippen LogP contribution in [0.4, 0.5) is 4.79 Å². The monoisotopic (exact) mass is 371 g/mol. The second-order valence-electron chi connectivity index (χ2n) is 6.90. The molecule has 144 valence electrons. The Balaban J connectivity index is 1.34. The van der Waals surface area contributed by atoms with Crippen LogP contribution in [0, 0.1) is 0 Å². The summed E-state index contributed by atoms with van der Waals surface area (Å²) in [5.41, 5.74) is 0.945. The number of amides is 2. The number of nitrogens with zero attached hydrogens (tertiary/aromatic N) is 5. The van der Waals surface area contributed by atoms with Crippen molar-refractivity contribution >= 4 is 6.03 Å². The number of ether oxygens (including phenoxy) is 1. The Morgan fingerprint density at radius 3 is 2.37 bits per heavy atom. The molecule has 1 unspecified atom stereocenters. The first-order valence-corrected chi connectivity index (χ1v) is 9.47. The van der Waals surface area contributed by atoms with Crippen molar-refractivity contribution < 1.29 is 14.1 Å². The highest BCUT2D eigenvalue weighted by Crippen LogP contribution is 2.23. The molecule has 1 atom stereocenters. The average molecular weight is 371 g/mol. The van der Waals surface area contributed by atoms with Gasteiger partial charge < -0.3 is 19.1 Å². The van der Waals surface area contributed by atoms with Gasteiger partial charge in [-0.2, -0.15) is 4.98 Å². The fourth-order valence-electron chi connectivity index (χ4n) is 3.52. The number of rotatable bonds is 3. The minimum absolute atomic E-state index is 0.0237. The molecule has 2 aliphatic rings. The molecule has 0 saturated carbocycles.